The van der Waals surface area contributed by atoms with Crippen molar-refractivity contribution in [2.45, 2.75) is 19.3 Å². The maximum atomic E-state index is 12.0. The molecule has 0 saturated carbocycles. The van der Waals surface area contributed by atoms with Crippen LogP contribution in [0.2, 0.25) is 0 Å². The quantitative estimate of drug-likeness (QED) is 0.439. The zero-order valence-electron chi connectivity index (χ0n) is 9.78. The molecule has 0 amide bonds. The van der Waals surface area contributed by atoms with Gasteiger partial charge in [0.15, 0.2) is 0 Å². The standard InChI is InChI=1S/C14H20O2/c1-5-9-14(10-6-2,11-7-3)13(15)16-12-8-4/h5-8H,1-4,9-12H2. The monoisotopic (exact) mass is 220 g/mol. The fourth-order valence-electron chi connectivity index (χ4n) is 1.62. The molecule has 0 aliphatic rings. The first kappa shape index (κ1) is 14.4. The third kappa shape index (κ3) is 3.89. The van der Waals surface area contributed by atoms with Gasteiger partial charge in [0, 0.05) is 0 Å². The van der Waals surface area contributed by atoms with Crippen LogP contribution in [-0.4, -0.2) is 12.6 Å². The van der Waals surface area contributed by atoms with Crippen molar-refractivity contribution < 1.29 is 9.53 Å². The third-order valence-corrected chi connectivity index (χ3v) is 2.37. The smallest absolute Gasteiger partial charge is 0.313 e. The summed E-state index contributed by atoms with van der Waals surface area (Å²) >= 11 is 0. The van der Waals surface area contributed by atoms with Crippen molar-refractivity contribution in [3.8, 4) is 0 Å². The van der Waals surface area contributed by atoms with E-state index in [4.69, 9.17) is 4.74 Å². The highest BCUT2D eigenvalue weighted by atomic mass is 16.5. The van der Waals surface area contributed by atoms with Gasteiger partial charge in [-0.05, 0) is 19.3 Å². The van der Waals surface area contributed by atoms with E-state index in [9.17, 15) is 4.79 Å². The summed E-state index contributed by atoms with van der Waals surface area (Å²) in [6, 6.07) is 0. The Labute approximate surface area is 98.0 Å². The number of allylic oxidation sites excluding steroid dienone is 3. The first-order valence-electron chi connectivity index (χ1n) is 5.27. The average Bonchev–Trinajstić information content (AvgIpc) is 2.26. The van der Waals surface area contributed by atoms with Crippen molar-refractivity contribution in [1.29, 1.82) is 0 Å². The van der Waals surface area contributed by atoms with E-state index >= 15 is 0 Å². The number of hydrogen-bond donors (Lipinski definition) is 0. The molecular weight excluding hydrogens is 200 g/mol. The molecule has 0 aromatic heterocycles. The fraction of sp³-hybridized carbons (Fsp3) is 0.357. The van der Waals surface area contributed by atoms with Crippen LogP contribution in [0.4, 0.5) is 0 Å². The minimum Gasteiger partial charge on any atom is -0.461 e. The summed E-state index contributed by atoms with van der Waals surface area (Å²) in [5, 5.41) is 0. The van der Waals surface area contributed by atoms with E-state index < -0.39 is 5.41 Å². The van der Waals surface area contributed by atoms with Crippen LogP contribution < -0.4 is 0 Å². The van der Waals surface area contributed by atoms with Gasteiger partial charge < -0.3 is 4.74 Å². The average molecular weight is 220 g/mol. The van der Waals surface area contributed by atoms with Crippen molar-refractivity contribution in [2.24, 2.45) is 5.41 Å². The Morgan fingerprint density at radius 3 is 1.69 bits per heavy atom. The van der Waals surface area contributed by atoms with E-state index in [-0.39, 0.29) is 12.6 Å². The molecule has 2 heteroatoms. The number of rotatable bonds is 9. The molecule has 0 spiro atoms. The van der Waals surface area contributed by atoms with Crippen molar-refractivity contribution in [3.63, 3.8) is 0 Å². The third-order valence-electron chi connectivity index (χ3n) is 2.37. The summed E-state index contributed by atoms with van der Waals surface area (Å²) in [6.07, 6.45) is 8.40. The molecule has 0 aliphatic carbocycles. The summed E-state index contributed by atoms with van der Waals surface area (Å²) in [4.78, 5) is 12.0. The molecule has 0 N–H and O–H groups in total. The molecule has 2 nitrogen and oxygen atoms in total. The van der Waals surface area contributed by atoms with Crippen LogP contribution in [0.1, 0.15) is 19.3 Å². The Hall–Kier alpha value is -1.57. The Morgan fingerprint density at radius 2 is 1.38 bits per heavy atom. The van der Waals surface area contributed by atoms with Crippen molar-refractivity contribution in [1.82, 2.24) is 0 Å². The number of ether oxygens (including phenoxy) is 1. The number of carbonyl (C=O) groups excluding carboxylic acids is 1. The molecule has 0 heterocycles. The molecule has 0 radical (unpaired) electrons. The van der Waals surface area contributed by atoms with Crippen LogP contribution in [-0.2, 0) is 9.53 Å². The predicted octanol–water partition coefficient (Wildman–Crippen LogP) is 3.43. The van der Waals surface area contributed by atoms with Gasteiger partial charge in [-0.25, -0.2) is 0 Å². The molecular formula is C14H20O2. The van der Waals surface area contributed by atoms with Gasteiger partial charge in [0.25, 0.3) is 0 Å². The number of hydrogen-bond acceptors (Lipinski definition) is 2. The van der Waals surface area contributed by atoms with Gasteiger partial charge in [-0.1, -0.05) is 30.9 Å². The van der Waals surface area contributed by atoms with Gasteiger partial charge in [-0.2, -0.15) is 0 Å². The van der Waals surface area contributed by atoms with Crippen molar-refractivity contribution in [3.05, 3.63) is 50.6 Å². The molecule has 0 atom stereocenters. The van der Waals surface area contributed by atoms with Gasteiger partial charge in [0.1, 0.15) is 6.61 Å². The van der Waals surface area contributed by atoms with E-state index in [0.717, 1.165) is 0 Å². The van der Waals surface area contributed by atoms with E-state index in [1.807, 2.05) is 0 Å². The Kier molecular flexibility index (Phi) is 6.93. The zero-order chi connectivity index (χ0) is 12.4. The maximum Gasteiger partial charge on any atom is 0.313 e. The number of esters is 1. The SMILES string of the molecule is C=CCOC(=O)C(CC=C)(CC=C)CC=C. The molecule has 88 valence electrons. The van der Waals surface area contributed by atoms with E-state index in [2.05, 4.69) is 26.3 Å². The Bertz CT molecular complexity index is 250. The highest BCUT2D eigenvalue weighted by molar-refractivity contribution is 5.77. The second-order valence-electron chi connectivity index (χ2n) is 3.65. The summed E-state index contributed by atoms with van der Waals surface area (Å²) in [5.41, 5.74) is -0.603. The van der Waals surface area contributed by atoms with Gasteiger partial charge in [0.2, 0.25) is 0 Å². The molecule has 0 rings (SSSR count). The van der Waals surface area contributed by atoms with Crippen LogP contribution in [0.15, 0.2) is 50.6 Å². The second kappa shape index (κ2) is 7.69. The minimum absolute atomic E-state index is 0.228. The maximum absolute atomic E-state index is 12.0. The molecule has 0 unspecified atom stereocenters. The van der Waals surface area contributed by atoms with Crippen molar-refractivity contribution >= 4 is 5.97 Å². The molecule has 0 aromatic rings. The zero-order valence-corrected chi connectivity index (χ0v) is 9.78. The van der Waals surface area contributed by atoms with E-state index in [1.54, 1.807) is 24.3 Å². The highest BCUT2D eigenvalue weighted by Gasteiger charge is 2.36. The van der Waals surface area contributed by atoms with Crippen LogP contribution in [0.25, 0.3) is 0 Å². The first-order chi connectivity index (χ1) is 7.66. The summed E-state index contributed by atoms with van der Waals surface area (Å²) in [7, 11) is 0. The largest absolute Gasteiger partial charge is 0.461 e. The Balaban J connectivity index is 4.88. The Morgan fingerprint density at radius 1 is 0.938 bits per heavy atom. The topological polar surface area (TPSA) is 26.3 Å². The van der Waals surface area contributed by atoms with Gasteiger partial charge in [-0.15, -0.1) is 19.7 Å². The van der Waals surface area contributed by atoms with Gasteiger partial charge in [-0.3, -0.25) is 4.79 Å². The normalized spacial score (nSPS) is 10.2. The minimum atomic E-state index is -0.603. The summed E-state index contributed by atoms with van der Waals surface area (Å²) < 4.78 is 5.11. The molecule has 0 aliphatic heterocycles. The molecule has 16 heavy (non-hydrogen) atoms. The first-order valence-corrected chi connectivity index (χ1v) is 5.27. The lowest BCUT2D eigenvalue weighted by Crippen LogP contribution is -2.32. The molecule has 0 fully saturated rings. The van der Waals surface area contributed by atoms with Crippen LogP contribution in [0.5, 0.6) is 0 Å². The highest BCUT2D eigenvalue weighted by Crippen LogP contribution is 2.34. The van der Waals surface area contributed by atoms with Crippen LogP contribution in [0, 0.1) is 5.41 Å². The molecule has 0 aromatic carbocycles. The van der Waals surface area contributed by atoms with Gasteiger partial charge in [0.05, 0.1) is 5.41 Å². The second-order valence-corrected chi connectivity index (χ2v) is 3.65. The van der Waals surface area contributed by atoms with Crippen LogP contribution in [0.3, 0.4) is 0 Å². The summed E-state index contributed by atoms with van der Waals surface area (Å²) in [6.45, 7) is 14.8. The molecule has 0 saturated heterocycles. The lowest BCUT2D eigenvalue weighted by atomic mass is 9.78. The lowest BCUT2D eigenvalue weighted by molar-refractivity contribution is -0.154. The predicted molar refractivity (Wildman–Crippen MR) is 68.0 cm³/mol. The number of carbonyl (C=O) groups is 1. The van der Waals surface area contributed by atoms with E-state index in [0.29, 0.717) is 19.3 Å². The van der Waals surface area contributed by atoms with E-state index in [1.165, 1.54) is 0 Å². The van der Waals surface area contributed by atoms with Gasteiger partial charge >= 0.3 is 5.97 Å². The van der Waals surface area contributed by atoms with Crippen molar-refractivity contribution in [2.75, 3.05) is 6.61 Å². The lowest BCUT2D eigenvalue weighted by Gasteiger charge is -2.28. The fourth-order valence-corrected chi connectivity index (χ4v) is 1.62. The van der Waals surface area contributed by atoms with Crippen LogP contribution >= 0.6 is 0 Å². The molecule has 0 bridgehead atoms. The summed E-state index contributed by atoms with van der Waals surface area (Å²) in [5.74, 6) is -0.243.